The lowest BCUT2D eigenvalue weighted by atomic mass is 10.0. The Morgan fingerprint density at radius 3 is 1.46 bits per heavy atom. The lowest BCUT2D eigenvalue weighted by molar-refractivity contribution is -0.235. The smallest absolute Gasteiger partial charge is 0.309 e. The van der Waals surface area contributed by atoms with Crippen molar-refractivity contribution in [1.82, 2.24) is 0 Å². The van der Waals surface area contributed by atoms with Gasteiger partial charge in [0.15, 0.2) is 0 Å². The number of carbonyl (C=O) groups excluding carboxylic acids is 2. The first-order chi connectivity index (χ1) is 11.5. The minimum absolute atomic E-state index is 0.243. The molecule has 0 rings (SSSR count). The molecule has 0 saturated heterocycles. The van der Waals surface area contributed by atoms with Gasteiger partial charge >= 0.3 is 11.9 Å². The van der Waals surface area contributed by atoms with Gasteiger partial charge in [-0.05, 0) is 25.7 Å². The fourth-order valence-electron chi connectivity index (χ4n) is 2.60. The molecule has 0 aromatic rings. The second-order valence-electron chi connectivity index (χ2n) is 6.63. The second kappa shape index (κ2) is 14.3. The van der Waals surface area contributed by atoms with Crippen LogP contribution in [0.4, 0.5) is 0 Å². The van der Waals surface area contributed by atoms with E-state index in [4.69, 9.17) is 9.47 Å². The second-order valence-corrected chi connectivity index (χ2v) is 6.63. The summed E-state index contributed by atoms with van der Waals surface area (Å²) in [5.74, 6) is -1.54. The Morgan fingerprint density at radius 2 is 1.04 bits per heavy atom. The van der Waals surface area contributed by atoms with Crippen molar-refractivity contribution in [3.8, 4) is 0 Å². The predicted octanol–water partition coefficient (Wildman–Crippen LogP) is 5.92. The minimum atomic E-state index is -1.05. The molecule has 4 heteroatoms. The number of esters is 2. The van der Waals surface area contributed by atoms with Crippen LogP contribution in [0.1, 0.15) is 111 Å². The van der Waals surface area contributed by atoms with Crippen LogP contribution in [-0.2, 0) is 19.1 Å². The molecule has 0 aromatic carbocycles. The summed E-state index contributed by atoms with van der Waals surface area (Å²) in [4.78, 5) is 24.4. The van der Waals surface area contributed by atoms with E-state index in [9.17, 15) is 9.59 Å². The van der Waals surface area contributed by atoms with Crippen LogP contribution in [0, 0.1) is 0 Å². The van der Waals surface area contributed by atoms with Crippen LogP contribution in [0.2, 0.25) is 0 Å². The zero-order valence-corrected chi connectivity index (χ0v) is 16.3. The molecule has 0 aliphatic heterocycles. The van der Waals surface area contributed by atoms with Gasteiger partial charge in [0.05, 0.1) is 0 Å². The highest BCUT2D eigenvalue weighted by atomic mass is 16.7. The van der Waals surface area contributed by atoms with Crippen molar-refractivity contribution in [3.05, 3.63) is 0 Å². The standard InChI is InChI=1S/C20H38O4/c1-5-9-13-17-20(16-12-8-4,23-18(21)14-10-6-2)24-19(22)15-11-7-3/h5-17H2,1-4H3. The summed E-state index contributed by atoms with van der Waals surface area (Å²) in [6.07, 6.45) is 10.4. The third-order valence-corrected chi connectivity index (χ3v) is 4.14. The highest BCUT2D eigenvalue weighted by molar-refractivity contribution is 5.72. The van der Waals surface area contributed by atoms with Crippen LogP contribution >= 0.6 is 0 Å². The third-order valence-electron chi connectivity index (χ3n) is 4.14. The maximum absolute atomic E-state index is 12.2. The van der Waals surface area contributed by atoms with Crippen molar-refractivity contribution in [2.75, 3.05) is 0 Å². The first kappa shape index (κ1) is 22.9. The Balaban J connectivity index is 5.02. The van der Waals surface area contributed by atoms with Gasteiger partial charge < -0.3 is 9.47 Å². The maximum atomic E-state index is 12.2. The van der Waals surface area contributed by atoms with Gasteiger partial charge in [-0.25, -0.2) is 0 Å². The molecule has 142 valence electrons. The molecule has 0 N–H and O–H groups in total. The van der Waals surface area contributed by atoms with E-state index in [2.05, 4.69) is 13.8 Å². The molecule has 0 fully saturated rings. The van der Waals surface area contributed by atoms with E-state index in [-0.39, 0.29) is 11.9 Å². The molecule has 0 aromatic heterocycles. The van der Waals surface area contributed by atoms with Gasteiger partial charge in [-0.2, -0.15) is 0 Å². The molecule has 0 aliphatic carbocycles. The molecule has 0 atom stereocenters. The Hall–Kier alpha value is -1.06. The normalized spacial score (nSPS) is 11.3. The zero-order chi connectivity index (χ0) is 18.3. The van der Waals surface area contributed by atoms with Crippen LogP contribution in [0.25, 0.3) is 0 Å². The van der Waals surface area contributed by atoms with Crippen molar-refractivity contribution >= 4 is 11.9 Å². The van der Waals surface area contributed by atoms with Crippen LogP contribution in [0.15, 0.2) is 0 Å². The Labute approximate surface area is 148 Å². The fraction of sp³-hybridized carbons (Fsp3) is 0.900. The summed E-state index contributed by atoms with van der Waals surface area (Å²) in [6.45, 7) is 8.32. The van der Waals surface area contributed by atoms with E-state index in [0.717, 1.165) is 57.8 Å². The van der Waals surface area contributed by atoms with Crippen LogP contribution in [-0.4, -0.2) is 17.7 Å². The molecule has 0 spiro atoms. The maximum Gasteiger partial charge on any atom is 0.309 e. The highest BCUT2D eigenvalue weighted by Crippen LogP contribution is 2.29. The minimum Gasteiger partial charge on any atom is -0.422 e. The molecule has 0 radical (unpaired) electrons. The largest absolute Gasteiger partial charge is 0.422 e. The molecule has 4 nitrogen and oxygen atoms in total. The third kappa shape index (κ3) is 10.7. The zero-order valence-electron chi connectivity index (χ0n) is 16.3. The van der Waals surface area contributed by atoms with E-state index in [1.165, 1.54) is 0 Å². The number of unbranched alkanes of at least 4 members (excludes halogenated alkanes) is 5. The number of ether oxygens (including phenoxy) is 2. The van der Waals surface area contributed by atoms with Crippen molar-refractivity contribution in [2.45, 2.75) is 117 Å². The number of rotatable bonds is 15. The average Bonchev–Trinajstić information content (AvgIpc) is 2.56. The molecule has 0 bridgehead atoms. The van der Waals surface area contributed by atoms with E-state index in [1.54, 1.807) is 0 Å². The Kier molecular flexibility index (Phi) is 13.7. The summed E-state index contributed by atoms with van der Waals surface area (Å²) >= 11 is 0. The average molecular weight is 343 g/mol. The van der Waals surface area contributed by atoms with Crippen LogP contribution in [0.5, 0.6) is 0 Å². The topological polar surface area (TPSA) is 52.6 Å². The van der Waals surface area contributed by atoms with Crippen LogP contribution in [0.3, 0.4) is 0 Å². The highest BCUT2D eigenvalue weighted by Gasteiger charge is 2.37. The van der Waals surface area contributed by atoms with Gasteiger partial charge in [-0.15, -0.1) is 0 Å². The van der Waals surface area contributed by atoms with E-state index >= 15 is 0 Å². The summed E-state index contributed by atoms with van der Waals surface area (Å²) < 4.78 is 11.5. The Bertz CT molecular complexity index is 317. The Morgan fingerprint density at radius 1 is 0.625 bits per heavy atom. The first-order valence-electron chi connectivity index (χ1n) is 9.97. The van der Waals surface area contributed by atoms with Gasteiger partial charge in [-0.1, -0.05) is 59.8 Å². The van der Waals surface area contributed by atoms with Crippen LogP contribution < -0.4 is 0 Å². The van der Waals surface area contributed by atoms with Gasteiger partial charge in [0.2, 0.25) is 0 Å². The summed E-state index contributed by atoms with van der Waals surface area (Å²) in [6, 6.07) is 0. The monoisotopic (exact) mass is 342 g/mol. The van der Waals surface area contributed by atoms with E-state index in [1.807, 2.05) is 13.8 Å². The lowest BCUT2D eigenvalue weighted by Crippen LogP contribution is -2.40. The molecular formula is C20H38O4. The van der Waals surface area contributed by atoms with E-state index in [0.29, 0.717) is 25.7 Å². The van der Waals surface area contributed by atoms with Crippen molar-refractivity contribution in [2.24, 2.45) is 0 Å². The molecular weight excluding hydrogens is 304 g/mol. The summed E-state index contributed by atoms with van der Waals surface area (Å²) in [7, 11) is 0. The first-order valence-corrected chi connectivity index (χ1v) is 9.97. The van der Waals surface area contributed by atoms with Crippen molar-refractivity contribution in [1.29, 1.82) is 0 Å². The SMILES string of the molecule is CCCCCC(CCCC)(OC(=O)CCCC)OC(=O)CCCC. The van der Waals surface area contributed by atoms with Crippen molar-refractivity contribution in [3.63, 3.8) is 0 Å². The fourth-order valence-corrected chi connectivity index (χ4v) is 2.60. The number of carbonyl (C=O) groups is 2. The quantitative estimate of drug-likeness (QED) is 0.210. The number of hydrogen-bond acceptors (Lipinski definition) is 4. The molecule has 0 amide bonds. The van der Waals surface area contributed by atoms with Gasteiger partial charge in [-0.3, -0.25) is 9.59 Å². The predicted molar refractivity (Wildman–Crippen MR) is 97.6 cm³/mol. The summed E-state index contributed by atoms with van der Waals surface area (Å²) in [5.41, 5.74) is 0. The molecule has 24 heavy (non-hydrogen) atoms. The van der Waals surface area contributed by atoms with Gasteiger partial charge in [0.25, 0.3) is 5.79 Å². The molecule has 0 saturated carbocycles. The summed E-state index contributed by atoms with van der Waals surface area (Å²) in [5, 5.41) is 0. The molecule has 0 unspecified atom stereocenters. The van der Waals surface area contributed by atoms with Gasteiger partial charge in [0, 0.05) is 25.7 Å². The lowest BCUT2D eigenvalue weighted by Gasteiger charge is -2.33. The van der Waals surface area contributed by atoms with E-state index < -0.39 is 5.79 Å². The number of hydrogen-bond donors (Lipinski definition) is 0. The van der Waals surface area contributed by atoms with Gasteiger partial charge in [0.1, 0.15) is 0 Å². The molecule has 0 aliphatic rings. The molecule has 0 heterocycles. The van der Waals surface area contributed by atoms with Crippen molar-refractivity contribution < 1.29 is 19.1 Å².